The van der Waals surface area contributed by atoms with Crippen LogP contribution in [0.2, 0.25) is 0 Å². The summed E-state index contributed by atoms with van der Waals surface area (Å²) in [6.45, 7) is 3.62. The number of hydrogen-bond donors (Lipinski definition) is 1. The van der Waals surface area contributed by atoms with Crippen molar-refractivity contribution in [2.24, 2.45) is 0 Å². The van der Waals surface area contributed by atoms with E-state index in [1.165, 1.54) is 30.8 Å². The second-order valence-electron chi connectivity index (χ2n) is 6.37. The molecule has 5 nitrogen and oxygen atoms in total. The largest absolute Gasteiger partial charge is 0.351 e. The predicted octanol–water partition coefficient (Wildman–Crippen LogP) is 3.41. The van der Waals surface area contributed by atoms with E-state index in [9.17, 15) is 14.0 Å². The average Bonchev–Trinajstić information content (AvgIpc) is 3.43. The van der Waals surface area contributed by atoms with Crippen LogP contribution in [0.3, 0.4) is 0 Å². The lowest BCUT2D eigenvalue weighted by atomic mass is 10.2. The standard InChI is InChI=1S/C19H20FN3O2S/c1-11-17(12(2)24)19(23-18(22-11)14-5-6-14)26-10-16(25)21-9-13-3-7-15(20)8-4-13/h3-4,7-8,14H,5-6,9-10H2,1-2H3,(H,21,25). The van der Waals surface area contributed by atoms with Crippen LogP contribution in [0, 0.1) is 12.7 Å². The molecule has 1 amide bonds. The lowest BCUT2D eigenvalue weighted by Gasteiger charge is -2.11. The van der Waals surface area contributed by atoms with Crippen LogP contribution in [-0.4, -0.2) is 27.4 Å². The van der Waals surface area contributed by atoms with E-state index < -0.39 is 0 Å². The van der Waals surface area contributed by atoms with Crippen LogP contribution < -0.4 is 5.32 Å². The maximum absolute atomic E-state index is 12.9. The zero-order valence-electron chi connectivity index (χ0n) is 14.7. The molecule has 1 fully saturated rings. The van der Waals surface area contributed by atoms with Crippen LogP contribution in [0.5, 0.6) is 0 Å². The molecule has 0 bridgehead atoms. The molecule has 1 aromatic carbocycles. The number of aryl methyl sites for hydroxylation is 1. The van der Waals surface area contributed by atoms with Crippen molar-refractivity contribution in [3.05, 3.63) is 52.7 Å². The molecule has 3 rings (SSSR count). The van der Waals surface area contributed by atoms with Gasteiger partial charge in [-0.25, -0.2) is 14.4 Å². The fourth-order valence-electron chi connectivity index (χ4n) is 2.59. The van der Waals surface area contributed by atoms with Gasteiger partial charge in [-0.3, -0.25) is 9.59 Å². The highest BCUT2D eigenvalue weighted by Crippen LogP contribution is 2.39. The first kappa shape index (κ1) is 18.5. The molecule has 0 unspecified atom stereocenters. The van der Waals surface area contributed by atoms with Crippen LogP contribution in [0.15, 0.2) is 29.3 Å². The van der Waals surface area contributed by atoms with Crippen LogP contribution in [0.4, 0.5) is 4.39 Å². The summed E-state index contributed by atoms with van der Waals surface area (Å²) in [7, 11) is 0. The Bertz CT molecular complexity index is 835. The summed E-state index contributed by atoms with van der Waals surface area (Å²) >= 11 is 1.25. The Kier molecular flexibility index (Phi) is 5.66. The lowest BCUT2D eigenvalue weighted by molar-refractivity contribution is -0.118. The number of thioether (sulfide) groups is 1. The van der Waals surface area contributed by atoms with Gasteiger partial charge in [-0.1, -0.05) is 23.9 Å². The molecule has 136 valence electrons. The third-order valence-corrected chi connectivity index (χ3v) is 5.09. The van der Waals surface area contributed by atoms with Crippen molar-refractivity contribution in [1.29, 1.82) is 0 Å². The smallest absolute Gasteiger partial charge is 0.230 e. The molecule has 0 aliphatic heterocycles. The summed E-state index contributed by atoms with van der Waals surface area (Å²) in [6.07, 6.45) is 2.14. The zero-order valence-corrected chi connectivity index (χ0v) is 15.5. The molecule has 1 aliphatic carbocycles. The highest BCUT2D eigenvalue weighted by molar-refractivity contribution is 8.00. The second kappa shape index (κ2) is 7.95. The van der Waals surface area contributed by atoms with Crippen molar-refractivity contribution >= 4 is 23.5 Å². The Hall–Kier alpha value is -2.28. The molecule has 1 N–H and O–H groups in total. The number of Topliss-reactive ketones (excluding diaryl/α,β-unsaturated/α-hetero) is 1. The summed E-state index contributed by atoms with van der Waals surface area (Å²) in [5.41, 5.74) is 1.98. The number of amides is 1. The van der Waals surface area contributed by atoms with Crippen LogP contribution in [0.1, 0.15) is 53.1 Å². The molecule has 0 spiro atoms. The van der Waals surface area contributed by atoms with Crippen molar-refractivity contribution in [2.45, 2.75) is 44.2 Å². The monoisotopic (exact) mass is 373 g/mol. The highest BCUT2D eigenvalue weighted by Gasteiger charge is 2.29. The fourth-order valence-corrected chi connectivity index (χ4v) is 3.55. The number of nitrogens with one attached hydrogen (secondary N) is 1. The molecule has 2 aromatic rings. The Balaban J connectivity index is 1.63. The van der Waals surface area contributed by atoms with Crippen LogP contribution in [-0.2, 0) is 11.3 Å². The Morgan fingerprint density at radius 2 is 1.92 bits per heavy atom. The van der Waals surface area contributed by atoms with E-state index in [0.717, 1.165) is 24.2 Å². The first-order valence-electron chi connectivity index (χ1n) is 8.47. The van der Waals surface area contributed by atoms with Gasteiger partial charge in [0.15, 0.2) is 5.78 Å². The normalized spacial score (nSPS) is 13.5. The van der Waals surface area contributed by atoms with Gasteiger partial charge in [-0.2, -0.15) is 0 Å². The molecule has 0 saturated heterocycles. The molecule has 7 heteroatoms. The van der Waals surface area contributed by atoms with Gasteiger partial charge in [0.25, 0.3) is 0 Å². The van der Waals surface area contributed by atoms with Gasteiger partial charge in [0.1, 0.15) is 16.7 Å². The number of carbonyl (C=O) groups excluding carboxylic acids is 2. The third-order valence-electron chi connectivity index (χ3n) is 4.11. The molecule has 26 heavy (non-hydrogen) atoms. The molecule has 1 aliphatic rings. The van der Waals surface area contributed by atoms with E-state index in [-0.39, 0.29) is 23.3 Å². The molecule has 1 heterocycles. The molecule has 1 aromatic heterocycles. The summed E-state index contributed by atoms with van der Waals surface area (Å²) < 4.78 is 12.9. The SMILES string of the molecule is CC(=O)c1c(C)nc(C2CC2)nc1SCC(=O)NCc1ccc(F)cc1. The second-order valence-corrected chi connectivity index (χ2v) is 7.33. The van der Waals surface area contributed by atoms with Gasteiger partial charge in [0, 0.05) is 12.5 Å². The van der Waals surface area contributed by atoms with Crippen LogP contribution >= 0.6 is 11.8 Å². The lowest BCUT2D eigenvalue weighted by Crippen LogP contribution is -2.24. The summed E-state index contributed by atoms with van der Waals surface area (Å²) in [6, 6.07) is 5.98. The molecular weight excluding hydrogens is 353 g/mol. The van der Waals surface area contributed by atoms with Crippen LogP contribution in [0.25, 0.3) is 0 Å². The number of benzene rings is 1. The number of rotatable bonds is 7. The van der Waals surface area contributed by atoms with E-state index in [0.29, 0.717) is 28.7 Å². The van der Waals surface area contributed by atoms with E-state index in [2.05, 4.69) is 15.3 Å². The van der Waals surface area contributed by atoms with Crippen molar-refractivity contribution < 1.29 is 14.0 Å². The first-order chi connectivity index (χ1) is 12.4. The minimum Gasteiger partial charge on any atom is -0.351 e. The average molecular weight is 373 g/mol. The topological polar surface area (TPSA) is 72.0 Å². The molecule has 0 atom stereocenters. The number of carbonyl (C=O) groups is 2. The Morgan fingerprint density at radius 3 is 2.54 bits per heavy atom. The fraction of sp³-hybridized carbons (Fsp3) is 0.368. The van der Waals surface area contributed by atoms with Crippen molar-refractivity contribution in [3.8, 4) is 0 Å². The van der Waals surface area contributed by atoms with Gasteiger partial charge in [0.05, 0.1) is 17.0 Å². The molecule has 0 radical (unpaired) electrons. The van der Waals surface area contributed by atoms with Gasteiger partial charge in [0.2, 0.25) is 5.91 Å². The molecule has 1 saturated carbocycles. The number of halogens is 1. The third kappa shape index (κ3) is 4.66. The van der Waals surface area contributed by atoms with Gasteiger partial charge < -0.3 is 5.32 Å². The predicted molar refractivity (Wildman–Crippen MR) is 97.7 cm³/mol. The Labute approximate surface area is 155 Å². The highest BCUT2D eigenvalue weighted by atomic mass is 32.2. The van der Waals surface area contributed by atoms with E-state index in [1.807, 2.05) is 6.92 Å². The zero-order chi connectivity index (χ0) is 18.7. The maximum Gasteiger partial charge on any atom is 0.230 e. The quantitative estimate of drug-likeness (QED) is 0.457. The van der Waals surface area contributed by atoms with Gasteiger partial charge in [-0.05, 0) is 44.4 Å². The van der Waals surface area contributed by atoms with Crippen molar-refractivity contribution in [2.75, 3.05) is 5.75 Å². The van der Waals surface area contributed by atoms with Crippen molar-refractivity contribution in [1.82, 2.24) is 15.3 Å². The van der Waals surface area contributed by atoms with Gasteiger partial charge >= 0.3 is 0 Å². The maximum atomic E-state index is 12.9. The number of aromatic nitrogens is 2. The van der Waals surface area contributed by atoms with E-state index in [1.54, 1.807) is 12.1 Å². The summed E-state index contributed by atoms with van der Waals surface area (Å²) in [5.74, 6) is 0.723. The van der Waals surface area contributed by atoms with Crippen molar-refractivity contribution in [3.63, 3.8) is 0 Å². The summed E-state index contributed by atoms with van der Waals surface area (Å²) in [5, 5.41) is 3.36. The molecular formula is C19H20FN3O2S. The minimum absolute atomic E-state index is 0.0981. The number of nitrogens with zero attached hydrogens (tertiary/aromatic N) is 2. The number of hydrogen-bond acceptors (Lipinski definition) is 5. The van der Waals surface area contributed by atoms with E-state index in [4.69, 9.17) is 0 Å². The number of ketones is 1. The summed E-state index contributed by atoms with van der Waals surface area (Å²) in [4.78, 5) is 33.0. The van der Waals surface area contributed by atoms with E-state index >= 15 is 0 Å². The first-order valence-corrected chi connectivity index (χ1v) is 9.46. The Morgan fingerprint density at radius 1 is 1.23 bits per heavy atom. The minimum atomic E-state index is -0.307. The van der Waals surface area contributed by atoms with Gasteiger partial charge in [-0.15, -0.1) is 0 Å².